The zero-order valence-electron chi connectivity index (χ0n) is 16.7. The number of nitrogens with one attached hydrogen (secondary N) is 1. The summed E-state index contributed by atoms with van der Waals surface area (Å²) >= 11 is 0. The van der Waals surface area contributed by atoms with Crippen molar-refractivity contribution < 1.29 is 9.90 Å². The van der Waals surface area contributed by atoms with E-state index in [9.17, 15) is 9.90 Å². The standard InChI is InChI=1S/C23H25N5O2/c29-20-8-4-5-17(12-20)22-15-28(26-25-22)13-19-11-16-9-10-27(19)14-21(16)23(30)24-18-6-2-1-3-7-18/h1-8,12,15-16,19,21,29H,9-11,13-14H2,(H,24,30)/t16-,19-,21-/m1/s1. The smallest absolute Gasteiger partial charge is 0.229 e. The molecule has 2 N–H and O–H groups in total. The molecule has 1 unspecified atom stereocenters. The summed E-state index contributed by atoms with van der Waals surface area (Å²) in [5.74, 6) is 0.783. The van der Waals surface area contributed by atoms with Gasteiger partial charge in [-0.3, -0.25) is 14.4 Å². The number of carbonyl (C=O) groups is 1. The van der Waals surface area contributed by atoms with Crippen molar-refractivity contribution in [1.82, 2.24) is 19.9 Å². The summed E-state index contributed by atoms with van der Waals surface area (Å²) in [6.07, 6.45) is 3.99. The zero-order chi connectivity index (χ0) is 20.5. The van der Waals surface area contributed by atoms with E-state index in [1.807, 2.05) is 47.3 Å². The van der Waals surface area contributed by atoms with Crippen LogP contribution in [0, 0.1) is 11.8 Å². The average molecular weight is 403 g/mol. The number of piperidine rings is 3. The van der Waals surface area contributed by atoms with Crippen molar-refractivity contribution in [3.63, 3.8) is 0 Å². The van der Waals surface area contributed by atoms with Gasteiger partial charge in [-0.05, 0) is 49.6 Å². The average Bonchev–Trinajstić information content (AvgIpc) is 3.23. The molecule has 154 valence electrons. The fourth-order valence-electron chi connectivity index (χ4n) is 4.78. The Balaban J connectivity index is 1.23. The highest BCUT2D eigenvalue weighted by molar-refractivity contribution is 5.93. The molecular weight excluding hydrogens is 378 g/mol. The van der Waals surface area contributed by atoms with Crippen LogP contribution in [0.4, 0.5) is 5.69 Å². The third kappa shape index (κ3) is 3.80. The topological polar surface area (TPSA) is 83.3 Å². The first-order chi connectivity index (χ1) is 14.7. The molecule has 1 amide bonds. The van der Waals surface area contributed by atoms with Gasteiger partial charge in [0.15, 0.2) is 0 Å². The number of nitrogens with zero attached hydrogens (tertiary/aromatic N) is 4. The van der Waals surface area contributed by atoms with Crippen molar-refractivity contribution >= 4 is 11.6 Å². The summed E-state index contributed by atoms with van der Waals surface area (Å²) in [5, 5.41) is 21.3. The maximum atomic E-state index is 12.8. The van der Waals surface area contributed by atoms with Gasteiger partial charge in [-0.15, -0.1) is 5.10 Å². The Morgan fingerprint density at radius 1 is 1.17 bits per heavy atom. The van der Waals surface area contributed by atoms with E-state index in [1.165, 1.54) is 0 Å². The molecule has 2 aromatic carbocycles. The first kappa shape index (κ1) is 18.8. The third-order valence-electron chi connectivity index (χ3n) is 6.34. The Labute approximate surface area is 175 Å². The number of aromatic nitrogens is 3. The van der Waals surface area contributed by atoms with Gasteiger partial charge in [0.05, 0.1) is 18.7 Å². The molecule has 2 bridgehead atoms. The Hall–Kier alpha value is -3.19. The second kappa shape index (κ2) is 7.91. The molecule has 0 spiro atoms. The number of aromatic hydroxyl groups is 1. The van der Waals surface area contributed by atoms with Crippen molar-refractivity contribution in [3.8, 4) is 17.0 Å². The molecule has 0 radical (unpaired) electrons. The molecule has 4 atom stereocenters. The van der Waals surface area contributed by atoms with E-state index >= 15 is 0 Å². The fraction of sp³-hybridized carbons (Fsp3) is 0.348. The van der Waals surface area contributed by atoms with Crippen LogP contribution in [0.1, 0.15) is 12.8 Å². The molecule has 6 rings (SSSR count). The fourth-order valence-corrected chi connectivity index (χ4v) is 4.78. The van der Waals surface area contributed by atoms with E-state index in [0.29, 0.717) is 12.0 Å². The van der Waals surface area contributed by atoms with Crippen LogP contribution in [0.15, 0.2) is 60.8 Å². The number of phenolic OH excluding ortho intramolecular Hbond substituents is 1. The van der Waals surface area contributed by atoms with E-state index in [0.717, 1.165) is 49.4 Å². The zero-order valence-corrected chi connectivity index (χ0v) is 16.7. The molecule has 30 heavy (non-hydrogen) atoms. The first-order valence-electron chi connectivity index (χ1n) is 10.5. The van der Waals surface area contributed by atoms with Crippen molar-refractivity contribution in [1.29, 1.82) is 0 Å². The van der Waals surface area contributed by atoms with Gasteiger partial charge < -0.3 is 10.4 Å². The molecule has 7 heteroatoms. The lowest BCUT2D eigenvalue weighted by Crippen LogP contribution is -2.57. The monoisotopic (exact) mass is 403 g/mol. The van der Waals surface area contributed by atoms with Crippen LogP contribution in [-0.2, 0) is 11.3 Å². The molecular formula is C23H25N5O2. The number of benzene rings is 2. The van der Waals surface area contributed by atoms with E-state index in [4.69, 9.17) is 0 Å². The third-order valence-corrected chi connectivity index (χ3v) is 6.34. The van der Waals surface area contributed by atoms with Crippen LogP contribution < -0.4 is 5.32 Å². The van der Waals surface area contributed by atoms with Crippen molar-refractivity contribution in [2.75, 3.05) is 18.4 Å². The summed E-state index contributed by atoms with van der Waals surface area (Å²) in [5.41, 5.74) is 2.46. The minimum Gasteiger partial charge on any atom is -0.508 e. The maximum absolute atomic E-state index is 12.8. The molecule has 3 aliphatic rings. The first-order valence-corrected chi connectivity index (χ1v) is 10.5. The predicted molar refractivity (Wildman–Crippen MR) is 114 cm³/mol. The van der Waals surface area contributed by atoms with E-state index in [-0.39, 0.29) is 17.6 Å². The predicted octanol–water partition coefficient (Wildman–Crippen LogP) is 3.00. The number of hydrogen-bond donors (Lipinski definition) is 2. The number of rotatable bonds is 5. The largest absolute Gasteiger partial charge is 0.508 e. The summed E-state index contributed by atoms with van der Waals surface area (Å²) in [7, 11) is 0. The second-order valence-corrected chi connectivity index (χ2v) is 8.27. The van der Waals surface area contributed by atoms with Crippen LogP contribution in [0.5, 0.6) is 5.75 Å². The maximum Gasteiger partial charge on any atom is 0.229 e. The summed E-state index contributed by atoms with van der Waals surface area (Å²) < 4.78 is 1.88. The minimum atomic E-state index is 0.0359. The van der Waals surface area contributed by atoms with E-state index in [2.05, 4.69) is 20.5 Å². The lowest BCUT2D eigenvalue weighted by Gasteiger charge is -2.49. The van der Waals surface area contributed by atoms with Crippen LogP contribution >= 0.6 is 0 Å². The van der Waals surface area contributed by atoms with Gasteiger partial charge in [0, 0.05) is 23.8 Å². The number of phenols is 1. The van der Waals surface area contributed by atoms with Crippen LogP contribution in [0.25, 0.3) is 11.3 Å². The summed E-state index contributed by atoms with van der Waals surface area (Å²) in [6, 6.07) is 17.1. The Morgan fingerprint density at radius 3 is 2.80 bits per heavy atom. The molecule has 7 nitrogen and oxygen atoms in total. The lowest BCUT2D eigenvalue weighted by molar-refractivity contribution is -0.127. The molecule has 4 heterocycles. The number of para-hydroxylation sites is 1. The molecule has 0 saturated carbocycles. The number of anilines is 1. The molecule has 1 aromatic heterocycles. The van der Waals surface area contributed by atoms with Gasteiger partial charge in [0.25, 0.3) is 0 Å². The Morgan fingerprint density at radius 2 is 2.03 bits per heavy atom. The highest BCUT2D eigenvalue weighted by atomic mass is 16.3. The highest BCUT2D eigenvalue weighted by Gasteiger charge is 2.43. The lowest BCUT2D eigenvalue weighted by atomic mass is 9.75. The van der Waals surface area contributed by atoms with Crippen LogP contribution in [-0.4, -0.2) is 50.0 Å². The van der Waals surface area contributed by atoms with Gasteiger partial charge in [-0.25, -0.2) is 0 Å². The normalized spacial score (nSPS) is 25.2. The van der Waals surface area contributed by atoms with Crippen LogP contribution in [0.2, 0.25) is 0 Å². The number of hydrogen-bond acceptors (Lipinski definition) is 5. The van der Waals surface area contributed by atoms with Gasteiger partial charge >= 0.3 is 0 Å². The molecule has 3 saturated heterocycles. The summed E-state index contributed by atoms with van der Waals surface area (Å²) in [4.78, 5) is 15.2. The number of carbonyl (C=O) groups excluding carboxylic acids is 1. The van der Waals surface area contributed by atoms with Gasteiger partial charge in [0.2, 0.25) is 5.91 Å². The Kier molecular flexibility index (Phi) is 4.96. The molecule has 0 aliphatic carbocycles. The molecule has 3 fully saturated rings. The van der Waals surface area contributed by atoms with Gasteiger partial charge in [0.1, 0.15) is 11.4 Å². The SMILES string of the molecule is O=C(Nc1ccccc1)[C@@H]1CN2CC[C@@H]1C[C@@H]2Cn1cc(-c2cccc(O)c2)nn1. The molecule has 3 aromatic rings. The number of fused-ring (bicyclic) bond motifs is 3. The second-order valence-electron chi connectivity index (χ2n) is 8.27. The molecule has 3 aliphatic heterocycles. The van der Waals surface area contributed by atoms with Crippen molar-refractivity contribution in [3.05, 3.63) is 60.8 Å². The minimum absolute atomic E-state index is 0.0359. The van der Waals surface area contributed by atoms with Crippen molar-refractivity contribution in [2.24, 2.45) is 11.8 Å². The van der Waals surface area contributed by atoms with Gasteiger partial charge in [-0.1, -0.05) is 35.5 Å². The number of amides is 1. The quantitative estimate of drug-likeness (QED) is 0.684. The van der Waals surface area contributed by atoms with Gasteiger partial charge in [-0.2, -0.15) is 0 Å². The summed E-state index contributed by atoms with van der Waals surface area (Å²) in [6.45, 7) is 2.58. The Bertz CT molecular complexity index is 1030. The van der Waals surface area contributed by atoms with E-state index < -0.39 is 0 Å². The van der Waals surface area contributed by atoms with E-state index in [1.54, 1.807) is 18.2 Å². The highest BCUT2D eigenvalue weighted by Crippen LogP contribution is 2.37. The van der Waals surface area contributed by atoms with Crippen LogP contribution in [0.3, 0.4) is 0 Å². The van der Waals surface area contributed by atoms with Crippen molar-refractivity contribution in [2.45, 2.75) is 25.4 Å².